The molecule has 0 saturated carbocycles. The molecule has 434 valence electrons. The number of carboxylic acids is 1. The van der Waals surface area contributed by atoms with Crippen LogP contribution in [0.2, 0.25) is 0 Å². The van der Waals surface area contributed by atoms with Crippen molar-refractivity contribution in [2.75, 3.05) is 47.5 Å². The van der Waals surface area contributed by atoms with Crippen molar-refractivity contribution in [3.8, 4) is 0 Å². The van der Waals surface area contributed by atoms with Crippen LogP contribution >= 0.6 is 0 Å². The minimum absolute atomic E-state index is 0.172. The van der Waals surface area contributed by atoms with Crippen molar-refractivity contribution in [2.24, 2.45) is 0 Å². The van der Waals surface area contributed by atoms with Crippen molar-refractivity contribution in [3.63, 3.8) is 0 Å². The lowest BCUT2D eigenvalue weighted by atomic mass is 10.0. The van der Waals surface area contributed by atoms with E-state index in [-0.39, 0.29) is 38.2 Å². The summed E-state index contributed by atoms with van der Waals surface area (Å²) in [6, 6.07) is 0. The number of unbranched alkanes of at least 4 members (excludes halogenated alkanes) is 46. The zero-order chi connectivity index (χ0) is 53.4. The van der Waals surface area contributed by atoms with Crippen molar-refractivity contribution in [3.05, 3.63) is 0 Å². The minimum Gasteiger partial charge on any atom is -0.477 e. The van der Waals surface area contributed by atoms with Gasteiger partial charge in [0.2, 0.25) is 0 Å². The van der Waals surface area contributed by atoms with Gasteiger partial charge in [0, 0.05) is 12.8 Å². The Morgan fingerprint density at radius 3 is 0.877 bits per heavy atom. The average molecular weight is 1040 g/mol. The van der Waals surface area contributed by atoms with E-state index >= 15 is 0 Å². The topological polar surface area (TPSA) is 108 Å². The van der Waals surface area contributed by atoms with Crippen molar-refractivity contribution >= 4 is 17.9 Å². The number of rotatable bonds is 61. The van der Waals surface area contributed by atoms with E-state index in [1.54, 1.807) is 0 Å². The maximum atomic E-state index is 12.9. The zero-order valence-electron chi connectivity index (χ0n) is 49.6. The number of hydrogen-bond donors (Lipinski definition) is 1. The molecular weight excluding hydrogens is 911 g/mol. The number of hydrogen-bond acceptors (Lipinski definition) is 7. The van der Waals surface area contributed by atoms with Gasteiger partial charge in [-0.2, -0.15) is 0 Å². The van der Waals surface area contributed by atoms with Gasteiger partial charge in [0.15, 0.2) is 6.10 Å². The predicted molar refractivity (Wildman–Crippen MR) is 309 cm³/mol. The molecule has 0 saturated heterocycles. The molecule has 73 heavy (non-hydrogen) atoms. The van der Waals surface area contributed by atoms with Crippen molar-refractivity contribution in [2.45, 2.75) is 347 Å². The lowest BCUT2D eigenvalue weighted by Crippen LogP contribution is -2.40. The van der Waals surface area contributed by atoms with E-state index in [1.807, 2.05) is 21.1 Å². The van der Waals surface area contributed by atoms with Crippen molar-refractivity contribution < 1.29 is 42.9 Å². The Kier molecular flexibility index (Phi) is 55.2. The molecule has 0 spiro atoms. The molecule has 0 aromatic carbocycles. The summed E-state index contributed by atoms with van der Waals surface area (Å²) in [4.78, 5) is 37.5. The highest BCUT2D eigenvalue weighted by molar-refractivity contribution is 5.71. The van der Waals surface area contributed by atoms with E-state index in [0.717, 1.165) is 38.5 Å². The van der Waals surface area contributed by atoms with Crippen LogP contribution in [0.1, 0.15) is 335 Å². The molecule has 0 radical (unpaired) electrons. The predicted octanol–water partition coefficient (Wildman–Crippen LogP) is 19.1. The highest BCUT2D eigenvalue weighted by atomic mass is 16.7. The summed E-state index contributed by atoms with van der Waals surface area (Å²) >= 11 is 0. The quantitative estimate of drug-likeness (QED) is 0.0278. The molecule has 0 aliphatic carbocycles. The summed E-state index contributed by atoms with van der Waals surface area (Å²) in [6.07, 6.45) is 62.1. The Balaban J connectivity index is 4.04. The summed E-state index contributed by atoms with van der Waals surface area (Å²) < 4.78 is 22.9. The van der Waals surface area contributed by atoms with Gasteiger partial charge in [-0.15, -0.1) is 0 Å². The van der Waals surface area contributed by atoms with Gasteiger partial charge in [-0.25, -0.2) is 4.79 Å². The lowest BCUT2D eigenvalue weighted by Gasteiger charge is -2.25. The summed E-state index contributed by atoms with van der Waals surface area (Å²) in [5.74, 6) is -1.97. The summed E-state index contributed by atoms with van der Waals surface area (Å²) in [5.41, 5.74) is 0. The number of quaternary nitrogens is 1. The first kappa shape index (κ1) is 71.3. The molecule has 0 rings (SSSR count). The third-order valence-electron chi connectivity index (χ3n) is 14.9. The van der Waals surface area contributed by atoms with E-state index in [0.29, 0.717) is 17.4 Å². The largest absolute Gasteiger partial charge is 0.477 e. The molecule has 9 nitrogen and oxygen atoms in total. The smallest absolute Gasteiger partial charge is 0.361 e. The van der Waals surface area contributed by atoms with Crippen LogP contribution in [-0.2, 0) is 33.3 Å². The number of esters is 2. The second kappa shape index (κ2) is 56.5. The molecule has 0 bridgehead atoms. The molecule has 0 aliphatic heterocycles. The number of carbonyl (C=O) groups excluding carboxylic acids is 2. The molecule has 2 atom stereocenters. The SMILES string of the molecule is CCCCCCCCCCCCCCCCCCCCCCCCCCCCCCCCCC(=O)OC(COC(=O)CCCCCCCCCCCCCCCCCCC)COC(OCC[N+](C)(C)C)C(=O)O. The fraction of sp³-hybridized carbons (Fsp3) is 0.953. The highest BCUT2D eigenvalue weighted by Crippen LogP contribution is 2.19. The number of likely N-dealkylation sites (N-methyl/N-ethyl adjacent to an activating group) is 1. The third kappa shape index (κ3) is 57.8. The number of ether oxygens (including phenoxy) is 4. The van der Waals surface area contributed by atoms with Crippen LogP contribution < -0.4 is 0 Å². The summed E-state index contributed by atoms with van der Waals surface area (Å²) in [6.45, 7) is 4.96. The molecule has 0 amide bonds. The van der Waals surface area contributed by atoms with Crippen LogP contribution in [0.3, 0.4) is 0 Å². The second-order valence-electron chi connectivity index (χ2n) is 23.4. The van der Waals surface area contributed by atoms with Crippen LogP contribution in [0.25, 0.3) is 0 Å². The van der Waals surface area contributed by atoms with E-state index in [1.165, 1.54) is 270 Å². The van der Waals surface area contributed by atoms with E-state index in [9.17, 15) is 19.5 Å². The molecule has 9 heteroatoms. The molecule has 0 aromatic rings. The van der Waals surface area contributed by atoms with Crippen LogP contribution in [0.15, 0.2) is 0 Å². The number of carbonyl (C=O) groups is 3. The molecule has 0 fully saturated rings. The first-order chi connectivity index (χ1) is 35.6. The number of carboxylic acid groups (broad SMARTS) is 1. The van der Waals surface area contributed by atoms with Gasteiger partial charge < -0.3 is 28.5 Å². The Labute approximate surface area is 453 Å². The fourth-order valence-electron chi connectivity index (χ4n) is 9.90. The van der Waals surface area contributed by atoms with Crippen LogP contribution in [-0.4, -0.2) is 87.4 Å². The molecule has 0 aliphatic rings. The van der Waals surface area contributed by atoms with E-state index in [4.69, 9.17) is 18.9 Å². The molecule has 2 unspecified atom stereocenters. The lowest BCUT2D eigenvalue weighted by molar-refractivity contribution is -0.870. The Bertz CT molecular complexity index is 1160. The van der Waals surface area contributed by atoms with Crippen molar-refractivity contribution in [1.82, 2.24) is 0 Å². The van der Waals surface area contributed by atoms with Gasteiger partial charge in [-0.3, -0.25) is 9.59 Å². The third-order valence-corrected chi connectivity index (χ3v) is 14.9. The van der Waals surface area contributed by atoms with Crippen LogP contribution in [0.4, 0.5) is 0 Å². The zero-order valence-corrected chi connectivity index (χ0v) is 49.6. The Morgan fingerprint density at radius 1 is 0.356 bits per heavy atom. The normalized spacial score (nSPS) is 12.6. The number of nitrogens with zero attached hydrogens (tertiary/aromatic N) is 1. The maximum absolute atomic E-state index is 12.9. The summed E-state index contributed by atoms with van der Waals surface area (Å²) in [5, 5.41) is 9.71. The Morgan fingerprint density at radius 2 is 0.616 bits per heavy atom. The van der Waals surface area contributed by atoms with Gasteiger partial charge in [0.25, 0.3) is 6.29 Å². The maximum Gasteiger partial charge on any atom is 0.361 e. The Hall–Kier alpha value is -1.71. The van der Waals surface area contributed by atoms with E-state index < -0.39 is 18.4 Å². The molecule has 0 heterocycles. The average Bonchev–Trinajstić information content (AvgIpc) is 3.36. The molecule has 0 aromatic heterocycles. The van der Waals surface area contributed by atoms with Gasteiger partial charge >= 0.3 is 17.9 Å². The summed E-state index contributed by atoms with van der Waals surface area (Å²) in [7, 11) is 5.99. The minimum atomic E-state index is -1.50. The fourth-order valence-corrected chi connectivity index (χ4v) is 9.90. The highest BCUT2D eigenvalue weighted by Gasteiger charge is 2.25. The first-order valence-electron chi connectivity index (χ1n) is 32.2. The molecular formula is C64H126NO8+. The van der Waals surface area contributed by atoms with Crippen LogP contribution in [0, 0.1) is 0 Å². The van der Waals surface area contributed by atoms with Gasteiger partial charge in [-0.1, -0.05) is 309 Å². The number of aliphatic carboxylic acids is 1. The second-order valence-corrected chi connectivity index (χ2v) is 23.4. The first-order valence-corrected chi connectivity index (χ1v) is 32.2. The molecule has 1 N–H and O–H groups in total. The van der Waals surface area contributed by atoms with Crippen molar-refractivity contribution in [1.29, 1.82) is 0 Å². The van der Waals surface area contributed by atoms with E-state index in [2.05, 4.69) is 13.8 Å². The standard InChI is InChI=1S/C64H125NO8/c1-6-8-10-12-14-16-18-20-22-24-25-26-27-28-29-30-31-32-33-34-35-36-37-39-41-43-45-47-49-51-53-55-62(67)73-60(59-72-64(63(68)69)70-57-56-65(3,4)5)58-71-61(66)54-52-50-48-46-44-42-40-38-23-21-19-17-15-13-11-9-7-2/h60,64H,6-59H2,1-5H3/p+1. The monoisotopic (exact) mass is 1040 g/mol. The van der Waals surface area contributed by atoms with Crippen LogP contribution in [0.5, 0.6) is 0 Å². The van der Waals surface area contributed by atoms with Gasteiger partial charge in [0.1, 0.15) is 13.2 Å². The van der Waals surface area contributed by atoms with Gasteiger partial charge in [-0.05, 0) is 12.8 Å². The van der Waals surface area contributed by atoms with Gasteiger partial charge in [0.05, 0.1) is 34.4 Å².